The normalized spacial score (nSPS) is 16.4. The zero-order valence-corrected chi connectivity index (χ0v) is 12.5. The van der Waals surface area contributed by atoms with Crippen LogP contribution in [0, 0.1) is 0 Å². The summed E-state index contributed by atoms with van der Waals surface area (Å²) in [6.45, 7) is 3.83. The van der Waals surface area contributed by atoms with Gasteiger partial charge in [-0.05, 0) is 56.5 Å². The molecule has 0 aliphatic carbocycles. The monoisotopic (exact) mass is 277 g/mol. The molecule has 1 unspecified atom stereocenters. The number of ether oxygens (including phenoxy) is 1. The summed E-state index contributed by atoms with van der Waals surface area (Å²) in [5.74, 6) is 0. The van der Waals surface area contributed by atoms with Crippen molar-refractivity contribution in [1.82, 2.24) is 0 Å². The fourth-order valence-electron chi connectivity index (χ4n) is 2.74. The number of anilines is 2. The van der Waals surface area contributed by atoms with E-state index in [-0.39, 0.29) is 0 Å². The standard InChI is InChI=1S/C16H27N3O/c1-20-13-15(5-4-10-17)18-14-6-8-16(9-7-14)19-11-2-3-12-19/h6-9,15,18H,2-5,10-13,17H2,1H3. The van der Waals surface area contributed by atoms with Gasteiger partial charge in [-0.15, -0.1) is 0 Å². The first-order valence-corrected chi connectivity index (χ1v) is 7.64. The van der Waals surface area contributed by atoms with Crippen LogP contribution in [-0.4, -0.2) is 39.4 Å². The van der Waals surface area contributed by atoms with E-state index in [0.717, 1.165) is 25.1 Å². The van der Waals surface area contributed by atoms with E-state index in [9.17, 15) is 0 Å². The Balaban J connectivity index is 1.90. The van der Waals surface area contributed by atoms with Crippen molar-refractivity contribution in [1.29, 1.82) is 0 Å². The van der Waals surface area contributed by atoms with Crippen LogP contribution in [0.3, 0.4) is 0 Å². The van der Waals surface area contributed by atoms with E-state index in [2.05, 4.69) is 34.5 Å². The number of hydrogen-bond acceptors (Lipinski definition) is 4. The smallest absolute Gasteiger partial charge is 0.0664 e. The van der Waals surface area contributed by atoms with Crippen molar-refractivity contribution in [2.45, 2.75) is 31.7 Å². The van der Waals surface area contributed by atoms with E-state index in [1.54, 1.807) is 7.11 Å². The van der Waals surface area contributed by atoms with Gasteiger partial charge in [-0.3, -0.25) is 0 Å². The number of benzene rings is 1. The van der Waals surface area contributed by atoms with E-state index in [1.165, 1.54) is 31.6 Å². The van der Waals surface area contributed by atoms with Gasteiger partial charge in [0.2, 0.25) is 0 Å². The third-order valence-corrected chi connectivity index (χ3v) is 3.83. The summed E-state index contributed by atoms with van der Waals surface area (Å²) < 4.78 is 5.27. The van der Waals surface area contributed by atoms with E-state index in [0.29, 0.717) is 12.6 Å². The molecule has 0 radical (unpaired) electrons. The van der Waals surface area contributed by atoms with Gasteiger partial charge in [0.15, 0.2) is 0 Å². The summed E-state index contributed by atoms with van der Waals surface area (Å²) in [4.78, 5) is 2.45. The van der Waals surface area contributed by atoms with Crippen LogP contribution in [0.2, 0.25) is 0 Å². The lowest BCUT2D eigenvalue weighted by atomic mass is 10.1. The molecule has 3 N–H and O–H groups in total. The van der Waals surface area contributed by atoms with Crippen molar-refractivity contribution in [3.05, 3.63) is 24.3 Å². The van der Waals surface area contributed by atoms with Gasteiger partial charge in [-0.1, -0.05) is 0 Å². The number of hydrogen-bond donors (Lipinski definition) is 2. The summed E-state index contributed by atoms with van der Waals surface area (Å²) in [5.41, 5.74) is 8.07. The Kier molecular flexibility index (Phi) is 6.15. The van der Waals surface area contributed by atoms with E-state index >= 15 is 0 Å². The number of nitrogens with zero attached hydrogens (tertiary/aromatic N) is 1. The van der Waals surface area contributed by atoms with Crippen LogP contribution >= 0.6 is 0 Å². The maximum atomic E-state index is 5.58. The molecule has 1 aliphatic rings. The van der Waals surface area contributed by atoms with Gasteiger partial charge in [0, 0.05) is 37.6 Å². The highest BCUT2D eigenvalue weighted by Crippen LogP contribution is 2.22. The summed E-state index contributed by atoms with van der Waals surface area (Å²) in [6, 6.07) is 9.08. The quantitative estimate of drug-likeness (QED) is 0.766. The van der Waals surface area contributed by atoms with E-state index in [4.69, 9.17) is 10.5 Å². The van der Waals surface area contributed by atoms with Crippen molar-refractivity contribution >= 4 is 11.4 Å². The Morgan fingerprint density at radius 3 is 2.55 bits per heavy atom. The Hall–Kier alpha value is -1.26. The van der Waals surface area contributed by atoms with Crippen molar-refractivity contribution in [3.63, 3.8) is 0 Å². The molecule has 112 valence electrons. The number of rotatable bonds is 8. The highest BCUT2D eigenvalue weighted by molar-refractivity contribution is 5.55. The zero-order valence-electron chi connectivity index (χ0n) is 12.5. The lowest BCUT2D eigenvalue weighted by Crippen LogP contribution is -2.26. The molecular formula is C16H27N3O. The van der Waals surface area contributed by atoms with Crippen LogP contribution in [0.25, 0.3) is 0 Å². The number of nitrogens with one attached hydrogen (secondary N) is 1. The van der Waals surface area contributed by atoms with Gasteiger partial charge in [0.1, 0.15) is 0 Å². The molecule has 1 aromatic rings. The molecule has 0 bridgehead atoms. The number of methoxy groups -OCH3 is 1. The fourth-order valence-corrected chi connectivity index (χ4v) is 2.74. The van der Waals surface area contributed by atoms with Crippen LogP contribution in [0.15, 0.2) is 24.3 Å². The molecule has 1 heterocycles. The average Bonchev–Trinajstić information content (AvgIpc) is 3.00. The summed E-state index contributed by atoms with van der Waals surface area (Å²) >= 11 is 0. The lowest BCUT2D eigenvalue weighted by Gasteiger charge is -2.21. The SMILES string of the molecule is COCC(CCCN)Nc1ccc(N2CCCC2)cc1. The molecular weight excluding hydrogens is 250 g/mol. The van der Waals surface area contributed by atoms with Crippen molar-refractivity contribution in [2.24, 2.45) is 5.73 Å². The second-order valence-corrected chi connectivity index (χ2v) is 5.47. The second-order valence-electron chi connectivity index (χ2n) is 5.47. The maximum absolute atomic E-state index is 5.58. The molecule has 20 heavy (non-hydrogen) atoms. The maximum Gasteiger partial charge on any atom is 0.0664 e. The van der Waals surface area contributed by atoms with Crippen molar-refractivity contribution in [2.75, 3.05) is 43.6 Å². The first-order chi connectivity index (χ1) is 9.83. The number of nitrogens with two attached hydrogens (primary N) is 1. The molecule has 1 fully saturated rings. The van der Waals surface area contributed by atoms with Crippen LogP contribution < -0.4 is 16.0 Å². The minimum absolute atomic E-state index is 0.334. The predicted octanol–water partition coefficient (Wildman–Crippen LogP) is 2.45. The van der Waals surface area contributed by atoms with Crippen molar-refractivity contribution < 1.29 is 4.74 Å². The topological polar surface area (TPSA) is 50.5 Å². The Labute approximate surface area is 122 Å². The molecule has 1 atom stereocenters. The van der Waals surface area contributed by atoms with E-state index in [1.807, 2.05) is 0 Å². The molecule has 1 aromatic carbocycles. The zero-order chi connectivity index (χ0) is 14.2. The molecule has 1 aliphatic heterocycles. The summed E-state index contributed by atoms with van der Waals surface area (Å²) in [7, 11) is 1.74. The predicted molar refractivity (Wildman–Crippen MR) is 85.5 cm³/mol. The molecule has 2 rings (SSSR count). The highest BCUT2D eigenvalue weighted by atomic mass is 16.5. The fraction of sp³-hybridized carbons (Fsp3) is 0.625. The molecule has 0 saturated carbocycles. The van der Waals surface area contributed by atoms with Gasteiger partial charge in [-0.2, -0.15) is 0 Å². The van der Waals surface area contributed by atoms with Gasteiger partial charge in [0.25, 0.3) is 0 Å². The van der Waals surface area contributed by atoms with E-state index < -0.39 is 0 Å². The van der Waals surface area contributed by atoms with Gasteiger partial charge >= 0.3 is 0 Å². The average molecular weight is 277 g/mol. The molecule has 4 nitrogen and oxygen atoms in total. The van der Waals surface area contributed by atoms with Crippen LogP contribution in [0.5, 0.6) is 0 Å². The lowest BCUT2D eigenvalue weighted by molar-refractivity contribution is 0.182. The molecule has 0 spiro atoms. The molecule has 0 aromatic heterocycles. The third kappa shape index (κ3) is 4.39. The molecule has 1 saturated heterocycles. The summed E-state index contributed by atoms with van der Waals surface area (Å²) in [5, 5.41) is 3.53. The first kappa shape index (κ1) is 15.1. The highest BCUT2D eigenvalue weighted by Gasteiger charge is 2.12. The first-order valence-electron chi connectivity index (χ1n) is 7.64. The largest absolute Gasteiger partial charge is 0.383 e. The summed E-state index contributed by atoms with van der Waals surface area (Å²) in [6.07, 6.45) is 4.69. The van der Waals surface area contributed by atoms with Crippen LogP contribution in [0.1, 0.15) is 25.7 Å². The van der Waals surface area contributed by atoms with Crippen molar-refractivity contribution in [3.8, 4) is 0 Å². The Morgan fingerprint density at radius 1 is 1.25 bits per heavy atom. The minimum Gasteiger partial charge on any atom is -0.383 e. The Bertz CT molecular complexity index is 374. The molecule has 4 heteroatoms. The Morgan fingerprint density at radius 2 is 1.95 bits per heavy atom. The minimum atomic E-state index is 0.334. The van der Waals surface area contributed by atoms with Gasteiger partial charge in [0.05, 0.1) is 6.61 Å². The third-order valence-electron chi connectivity index (χ3n) is 3.83. The second kappa shape index (κ2) is 8.12. The van der Waals surface area contributed by atoms with Gasteiger partial charge in [-0.25, -0.2) is 0 Å². The van der Waals surface area contributed by atoms with Crippen LogP contribution in [-0.2, 0) is 4.74 Å². The molecule has 0 amide bonds. The van der Waals surface area contributed by atoms with Gasteiger partial charge < -0.3 is 20.7 Å². The van der Waals surface area contributed by atoms with Crippen LogP contribution in [0.4, 0.5) is 11.4 Å².